The molecule has 0 amide bonds. The van der Waals surface area contributed by atoms with Gasteiger partial charge in [0.25, 0.3) is 0 Å². The lowest BCUT2D eigenvalue weighted by atomic mass is 9.86. The van der Waals surface area contributed by atoms with Gasteiger partial charge in [-0.2, -0.15) is 0 Å². The smallest absolute Gasteiger partial charge is 0.305 e. The predicted octanol–water partition coefficient (Wildman–Crippen LogP) is 4.96. The van der Waals surface area contributed by atoms with Crippen LogP contribution in [0.15, 0.2) is 46.1 Å². The zero-order chi connectivity index (χ0) is 26.3. The van der Waals surface area contributed by atoms with Crippen LogP contribution in [0, 0.1) is 0 Å². The van der Waals surface area contributed by atoms with Gasteiger partial charge in [0.05, 0.1) is 15.1 Å². The minimum atomic E-state index is -3.12. The maximum atomic E-state index is 11.8. The second-order valence-electron chi connectivity index (χ2n) is 10.4. The molecular weight excluding hydrogens is 502 g/mol. The molecule has 0 saturated carbocycles. The summed E-state index contributed by atoms with van der Waals surface area (Å²) in [5.41, 5.74) is 5.01. The van der Waals surface area contributed by atoms with Gasteiger partial charge in [-0.3, -0.25) is 4.79 Å². The summed E-state index contributed by atoms with van der Waals surface area (Å²) in [5.74, 6) is 0. The number of nitrogens with zero attached hydrogens (tertiary/aromatic N) is 1. The molecule has 1 aromatic heterocycles. The van der Waals surface area contributed by atoms with E-state index < -0.39 is 9.84 Å². The quantitative estimate of drug-likeness (QED) is 0.281. The van der Waals surface area contributed by atoms with Gasteiger partial charge in [0.15, 0.2) is 9.84 Å². The van der Waals surface area contributed by atoms with Crippen LogP contribution in [0.1, 0.15) is 62.1 Å². The van der Waals surface area contributed by atoms with Crippen molar-refractivity contribution in [2.24, 2.45) is 0 Å². The van der Waals surface area contributed by atoms with Crippen LogP contribution in [-0.4, -0.2) is 56.8 Å². The first-order chi connectivity index (χ1) is 17.8. The van der Waals surface area contributed by atoms with Crippen molar-refractivity contribution in [2.75, 3.05) is 32.4 Å². The minimum Gasteiger partial charge on any atom is -0.316 e. The molecule has 0 fully saturated rings. The molecule has 0 unspecified atom stereocenters. The molecule has 1 aliphatic rings. The lowest BCUT2D eigenvalue weighted by molar-refractivity contribution is 0.176. The summed E-state index contributed by atoms with van der Waals surface area (Å²) in [6, 6.07) is 12.2. The third kappa shape index (κ3) is 7.76. The fourth-order valence-electron chi connectivity index (χ4n) is 5.52. The number of H-pyrrole nitrogens is 1. The molecule has 3 aromatic rings. The van der Waals surface area contributed by atoms with Gasteiger partial charge in [-0.05, 0) is 106 Å². The van der Waals surface area contributed by atoms with E-state index in [1.807, 2.05) is 12.1 Å². The standard InChI is InChI=1S/C29H41N3O3S2/c1-3-19-32(24-11-14-26-23(21-24)10-15-27-28(26)31-29(33)36-27)20-7-5-4-6-17-30-18-16-22-8-12-25(13-9-22)37(2,34)35/h8-10,12-13,15,24,30H,3-7,11,14,16-21H2,1-2H3,(H,31,33)/t24-/m0/s1. The second kappa shape index (κ2) is 13.2. The molecule has 0 spiro atoms. The Kier molecular flexibility index (Phi) is 9.98. The van der Waals surface area contributed by atoms with Crippen molar-refractivity contribution >= 4 is 31.4 Å². The Balaban J connectivity index is 1.13. The van der Waals surface area contributed by atoms with Crippen molar-refractivity contribution in [1.29, 1.82) is 0 Å². The van der Waals surface area contributed by atoms with Crippen LogP contribution in [0.4, 0.5) is 0 Å². The maximum Gasteiger partial charge on any atom is 0.305 e. The molecule has 1 atom stereocenters. The molecule has 202 valence electrons. The van der Waals surface area contributed by atoms with Gasteiger partial charge in [-0.15, -0.1) is 0 Å². The summed E-state index contributed by atoms with van der Waals surface area (Å²) in [6.45, 7) is 6.54. The Morgan fingerprint density at radius 1 is 1.03 bits per heavy atom. The first-order valence-electron chi connectivity index (χ1n) is 13.7. The number of unbranched alkanes of at least 4 members (excludes halogenated alkanes) is 3. The molecule has 8 heteroatoms. The Labute approximate surface area is 225 Å². The number of benzene rings is 2. The van der Waals surface area contributed by atoms with E-state index in [0.29, 0.717) is 10.9 Å². The Morgan fingerprint density at radius 2 is 1.81 bits per heavy atom. The molecule has 0 radical (unpaired) electrons. The van der Waals surface area contributed by atoms with E-state index >= 15 is 0 Å². The van der Waals surface area contributed by atoms with Crippen LogP contribution < -0.4 is 10.2 Å². The third-order valence-electron chi connectivity index (χ3n) is 7.50. The van der Waals surface area contributed by atoms with Crippen molar-refractivity contribution in [1.82, 2.24) is 15.2 Å². The maximum absolute atomic E-state index is 11.8. The van der Waals surface area contributed by atoms with E-state index in [0.717, 1.165) is 54.7 Å². The van der Waals surface area contributed by atoms with Crippen LogP contribution in [0.2, 0.25) is 0 Å². The van der Waals surface area contributed by atoms with Gasteiger partial charge in [0.2, 0.25) is 0 Å². The normalized spacial score (nSPS) is 15.9. The molecule has 6 nitrogen and oxygen atoms in total. The van der Waals surface area contributed by atoms with Crippen molar-refractivity contribution in [3.63, 3.8) is 0 Å². The number of fused-ring (bicyclic) bond motifs is 3. The lowest BCUT2D eigenvalue weighted by Gasteiger charge is -2.35. The van der Waals surface area contributed by atoms with Gasteiger partial charge in [-0.1, -0.05) is 49.3 Å². The number of hydrogen-bond donors (Lipinski definition) is 2. The summed E-state index contributed by atoms with van der Waals surface area (Å²) in [4.78, 5) is 18.0. The molecule has 37 heavy (non-hydrogen) atoms. The molecule has 1 aliphatic carbocycles. The zero-order valence-corrected chi connectivity index (χ0v) is 23.9. The molecule has 4 rings (SSSR count). The fourth-order valence-corrected chi connectivity index (χ4v) is 6.91. The predicted molar refractivity (Wildman–Crippen MR) is 155 cm³/mol. The molecule has 2 aromatic carbocycles. The zero-order valence-electron chi connectivity index (χ0n) is 22.2. The van der Waals surface area contributed by atoms with Gasteiger partial charge in [-0.25, -0.2) is 8.42 Å². The van der Waals surface area contributed by atoms with Crippen molar-refractivity contribution in [2.45, 2.75) is 75.6 Å². The highest BCUT2D eigenvalue weighted by Gasteiger charge is 2.25. The Hall–Kier alpha value is -2.00. The van der Waals surface area contributed by atoms with Crippen molar-refractivity contribution in [3.8, 4) is 0 Å². The molecule has 2 N–H and O–H groups in total. The number of aromatic amines is 1. The van der Waals surface area contributed by atoms with Crippen molar-refractivity contribution < 1.29 is 8.42 Å². The Morgan fingerprint density at radius 3 is 2.57 bits per heavy atom. The molecular formula is C29H41N3O3S2. The Bertz CT molecular complexity index is 1310. The first kappa shape index (κ1) is 28.0. The molecule has 0 bridgehead atoms. The number of hydrogen-bond acceptors (Lipinski definition) is 6. The monoisotopic (exact) mass is 543 g/mol. The fraction of sp³-hybridized carbons (Fsp3) is 0.552. The number of rotatable bonds is 14. The summed E-state index contributed by atoms with van der Waals surface area (Å²) in [6.07, 6.45) is 11.6. The topological polar surface area (TPSA) is 82.3 Å². The summed E-state index contributed by atoms with van der Waals surface area (Å²) in [7, 11) is -3.12. The highest BCUT2D eigenvalue weighted by Crippen LogP contribution is 2.31. The van der Waals surface area contributed by atoms with E-state index in [4.69, 9.17) is 0 Å². The lowest BCUT2D eigenvalue weighted by Crippen LogP contribution is -2.40. The SMILES string of the molecule is CCCN(CCCCCCNCCc1ccc(S(C)(=O)=O)cc1)[C@H]1CCc2c(ccc3sc(=O)[nH]c23)C1. The molecule has 0 aliphatic heterocycles. The number of thiazole rings is 1. The van der Waals surface area contributed by atoms with E-state index in [1.54, 1.807) is 12.1 Å². The number of nitrogens with one attached hydrogen (secondary N) is 2. The summed E-state index contributed by atoms with van der Waals surface area (Å²) >= 11 is 1.32. The number of aromatic nitrogens is 1. The average molecular weight is 544 g/mol. The highest BCUT2D eigenvalue weighted by atomic mass is 32.2. The van der Waals surface area contributed by atoms with E-state index in [-0.39, 0.29) is 4.87 Å². The van der Waals surface area contributed by atoms with Gasteiger partial charge in [0, 0.05) is 12.3 Å². The highest BCUT2D eigenvalue weighted by molar-refractivity contribution is 7.90. The summed E-state index contributed by atoms with van der Waals surface area (Å²) in [5, 5.41) is 3.52. The second-order valence-corrected chi connectivity index (χ2v) is 13.4. The van der Waals surface area contributed by atoms with Crippen LogP contribution in [0.25, 0.3) is 10.2 Å². The first-order valence-corrected chi connectivity index (χ1v) is 16.4. The number of sulfone groups is 1. The minimum absolute atomic E-state index is 0.0505. The van der Waals surface area contributed by atoms with Crippen LogP contribution >= 0.6 is 11.3 Å². The van der Waals surface area contributed by atoms with Crippen LogP contribution in [0.3, 0.4) is 0 Å². The largest absolute Gasteiger partial charge is 0.316 e. The van der Waals surface area contributed by atoms with Gasteiger partial charge >= 0.3 is 4.87 Å². The van der Waals surface area contributed by atoms with Crippen molar-refractivity contribution in [3.05, 3.63) is 62.8 Å². The molecule has 0 saturated heterocycles. The number of aryl methyl sites for hydroxylation is 1. The van der Waals surface area contributed by atoms with E-state index in [1.165, 1.54) is 73.8 Å². The van der Waals surface area contributed by atoms with Crippen LogP contribution in [0.5, 0.6) is 0 Å². The third-order valence-corrected chi connectivity index (χ3v) is 9.48. The van der Waals surface area contributed by atoms with Gasteiger partial charge < -0.3 is 15.2 Å². The van der Waals surface area contributed by atoms with Gasteiger partial charge in [0.1, 0.15) is 0 Å². The van der Waals surface area contributed by atoms with Crippen LogP contribution in [-0.2, 0) is 29.1 Å². The van der Waals surface area contributed by atoms with E-state index in [9.17, 15) is 13.2 Å². The summed E-state index contributed by atoms with van der Waals surface area (Å²) < 4.78 is 24.2. The average Bonchev–Trinajstić information content (AvgIpc) is 3.27. The van der Waals surface area contributed by atoms with E-state index in [2.05, 4.69) is 34.3 Å². The molecule has 1 heterocycles.